The summed E-state index contributed by atoms with van der Waals surface area (Å²) in [4.78, 5) is 85.1. The first kappa shape index (κ1) is 38.8. The van der Waals surface area contributed by atoms with Crippen molar-refractivity contribution in [2.24, 2.45) is 5.73 Å². The molecule has 2 heterocycles. The van der Waals surface area contributed by atoms with Gasteiger partial charge in [0.25, 0.3) is 5.91 Å². The second-order valence-electron chi connectivity index (χ2n) is 13.0. The van der Waals surface area contributed by atoms with Crippen LogP contribution in [0.25, 0.3) is 10.9 Å². The molecule has 1 fully saturated rings. The number of nitrogens with one attached hydrogen (secondary N) is 7. The number of amides is 6. The summed E-state index contributed by atoms with van der Waals surface area (Å²) in [5, 5.41) is 26.5. The average molecular weight is 740 g/mol. The molecule has 1 saturated heterocycles. The maximum Gasteiger partial charge on any atom is 0.253 e. The number of para-hydroxylation sites is 2. The Bertz CT molecular complexity index is 1980. The predicted molar refractivity (Wildman–Crippen MR) is 201 cm³/mol. The highest BCUT2D eigenvalue weighted by molar-refractivity contribution is 6.00. The summed E-state index contributed by atoms with van der Waals surface area (Å²) in [5.41, 5.74) is 14.2. The van der Waals surface area contributed by atoms with Crippen molar-refractivity contribution in [2.75, 3.05) is 25.4 Å². The molecule has 12 N–H and O–H groups in total. The smallest absolute Gasteiger partial charge is 0.253 e. The summed E-state index contributed by atoms with van der Waals surface area (Å²) in [5.74, 6) is -4.23. The third-order valence-corrected chi connectivity index (χ3v) is 9.07. The Labute approximate surface area is 311 Å². The fourth-order valence-electron chi connectivity index (χ4n) is 6.12. The lowest BCUT2D eigenvalue weighted by Gasteiger charge is -2.26. The van der Waals surface area contributed by atoms with E-state index in [0.29, 0.717) is 30.5 Å². The lowest BCUT2D eigenvalue weighted by molar-refractivity contribution is -0.134. The molecular formula is C38H45N9O7. The largest absolute Gasteiger partial charge is 0.508 e. The first-order valence-electron chi connectivity index (χ1n) is 17.7. The number of fused-ring (bicyclic) bond motifs is 1. The number of nitrogen functional groups attached to an aromatic ring is 1. The van der Waals surface area contributed by atoms with Crippen molar-refractivity contribution in [3.63, 3.8) is 0 Å². The number of rotatable bonds is 11. The van der Waals surface area contributed by atoms with Crippen LogP contribution in [0.2, 0.25) is 0 Å². The third-order valence-electron chi connectivity index (χ3n) is 9.07. The summed E-state index contributed by atoms with van der Waals surface area (Å²) >= 11 is 0. The van der Waals surface area contributed by atoms with Crippen LogP contribution in [-0.2, 0) is 36.8 Å². The molecular weight excluding hydrogens is 694 g/mol. The lowest BCUT2D eigenvalue weighted by atomic mass is 10.0. The second-order valence-corrected chi connectivity index (χ2v) is 13.0. The van der Waals surface area contributed by atoms with E-state index in [2.05, 4.69) is 36.9 Å². The number of phenolic OH excluding ortho intramolecular Hbond substituents is 1. The Morgan fingerprint density at radius 2 is 1.39 bits per heavy atom. The van der Waals surface area contributed by atoms with Gasteiger partial charge in [-0.05, 0) is 67.3 Å². The van der Waals surface area contributed by atoms with E-state index < -0.39 is 72.7 Å². The van der Waals surface area contributed by atoms with E-state index in [9.17, 15) is 33.9 Å². The lowest BCUT2D eigenvalue weighted by Crippen LogP contribution is -2.60. The summed E-state index contributed by atoms with van der Waals surface area (Å²) in [6.07, 6.45) is 2.82. The van der Waals surface area contributed by atoms with Gasteiger partial charge in [-0.1, -0.05) is 42.5 Å². The molecule has 1 aliphatic rings. The van der Waals surface area contributed by atoms with E-state index in [-0.39, 0.29) is 36.3 Å². The maximum atomic E-state index is 14.0. The SMILES string of the molecule is NCCCC[C@H]1NC(=O)[C@H](Cc2ccc(O)cc2)NC(=O)CNC(=O)[C@H](Cc2c[nH]c3ccccc23)NC(=O)[C@H](CNC(=O)c2ccccc2N)NC1=O. The van der Waals surface area contributed by atoms with Crippen LogP contribution in [0.1, 0.15) is 40.7 Å². The van der Waals surface area contributed by atoms with Crippen LogP contribution in [0.5, 0.6) is 5.75 Å². The van der Waals surface area contributed by atoms with E-state index in [1.54, 1.807) is 36.5 Å². The molecule has 0 aliphatic carbocycles. The number of aromatic hydroxyl groups is 1. The standard InChI is InChI=1S/C38H45N9O7/c39-16-6-5-11-29-36(52)47-32(20-42-34(50)26-8-1-3-9-27(26)40)38(54)46-31(18-23-19-41-28-10-4-2-7-25(23)28)35(51)43-21-33(49)44-30(37(53)45-29)17-22-12-14-24(48)15-13-22/h1-4,7-10,12-15,19,29-32,41,48H,5-6,11,16-18,20-21,39-40H2,(H,42,50)(H,43,51)(H,44,49)(H,45,53)(H,46,54)(H,47,52)/t29-,30+,31+,32+/m1/s1. The Balaban J connectivity index is 1.48. The number of hydrogen-bond donors (Lipinski definition) is 10. The summed E-state index contributed by atoms with van der Waals surface area (Å²) < 4.78 is 0. The molecule has 284 valence electrons. The van der Waals surface area contributed by atoms with Gasteiger partial charge in [0.05, 0.1) is 12.1 Å². The molecule has 16 nitrogen and oxygen atoms in total. The highest BCUT2D eigenvalue weighted by Gasteiger charge is 2.33. The molecule has 0 unspecified atom stereocenters. The molecule has 0 bridgehead atoms. The van der Waals surface area contributed by atoms with Gasteiger partial charge in [-0.3, -0.25) is 28.8 Å². The Hall–Kier alpha value is -6.42. The van der Waals surface area contributed by atoms with Gasteiger partial charge >= 0.3 is 0 Å². The minimum Gasteiger partial charge on any atom is -0.508 e. The van der Waals surface area contributed by atoms with Crippen molar-refractivity contribution >= 4 is 52.0 Å². The second kappa shape index (κ2) is 18.4. The number of anilines is 1. The summed E-state index contributed by atoms with van der Waals surface area (Å²) in [6, 6.07) is 14.8. The van der Waals surface area contributed by atoms with Crippen LogP contribution in [0.15, 0.2) is 79.0 Å². The van der Waals surface area contributed by atoms with Crippen molar-refractivity contribution in [3.8, 4) is 5.75 Å². The minimum absolute atomic E-state index is 0.00200. The van der Waals surface area contributed by atoms with Gasteiger partial charge in [0.2, 0.25) is 29.5 Å². The Morgan fingerprint density at radius 3 is 2.15 bits per heavy atom. The van der Waals surface area contributed by atoms with Gasteiger partial charge in [0, 0.05) is 42.2 Å². The van der Waals surface area contributed by atoms with Crippen LogP contribution in [-0.4, -0.2) is 89.3 Å². The zero-order chi connectivity index (χ0) is 38.6. The average Bonchev–Trinajstić information content (AvgIpc) is 3.57. The van der Waals surface area contributed by atoms with Crippen LogP contribution in [0.3, 0.4) is 0 Å². The fraction of sp³-hybridized carbons (Fsp3) is 0.316. The highest BCUT2D eigenvalue weighted by Crippen LogP contribution is 2.20. The van der Waals surface area contributed by atoms with E-state index in [1.807, 2.05) is 24.3 Å². The van der Waals surface area contributed by atoms with Gasteiger partial charge < -0.3 is 53.5 Å². The zero-order valence-electron chi connectivity index (χ0n) is 29.5. The van der Waals surface area contributed by atoms with E-state index in [1.165, 1.54) is 18.2 Å². The molecule has 0 spiro atoms. The van der Waals surface area contributed by atoms with E-state index in [4.69, 9.17) is 11.5 Å². The third kappa shape index (κ3) is 10.3. The molecule has 0 saturated carbocycles. The number of phenols is 1. The number of aromatic amines is 1. The van der Waals surface area contributed by atoms with Gasteiger partial charge in [0.15, 0.2) is 0 Å². The maximum absolute atomic E-state index is 14.0. The highest BCUT2D eigenvalue weighted by atomic mass is 16.3. The van der Waals surface area contributed by atoms with Crippen molar-refractivity contribution in [1.82, 2.24) is 36.9 Å². The van der Waals surface area contributed by atoms with Gasteiger partial charge in [-0.2, -0.15) is 0 Å². The van der Waals surface area contributed by atoms with Crippen LogP contribution in [0, 0.1) is 0 Å². The summed E-state index contributed by atoms with van der Waals surface area (Å²) in [7, 11) is 0. The topological polar surface area (TPSA) is 263 Å². The number of H-pyrrole nitrogens is 1. The first-order valence-corrected chi connectivity index (χ1v) is 17.7. The van der Waals surface area contributed by atoms with Gasteiger partial charge in [-0.25, -0.2) is 0 Å². The molecule has 0 radical (unpaired) electrons. The fourth-order valence-corrected chi connectivity index (χ4v) is 6.12. The van der Waals surface area contributed by atoms with Crippen molar-refractivity contribution in [2.45, 2.75) is 56.3 Å². The normalized spacial score (nSPS) is 20.1. The monoisotopic (exact) mass is 739 g/mol. The number of carbonyl (C=O) groups is 6. The number of nitrogens with two attached hydrogens (primary N) is 2. The van der Waals surface area contributed by atoms with Gasteiger partial charge in [0.1, 0.15) is 29.9 Å². The molecule has 4 atom stereocenters. The van der Waals surface area contributed by atoms with Gasteiger partial charge in [-0.15, -0.1) is 0 Å². The molecule has 6 amide bonds. The van der Waals surface area contributed by atoms with Crippen molar-refractivity contribution < 1.29 is 33.9 Å². The number of benzene rings is 3. The Kier molecular flexibility index (Phi) is 13.2. The molecule has 54 heavy (non-hydrogen) atoms. The predicted octanol–water partition coefficient (Wildman–Crippen LogP) is -0.131. The number of aromatic nitrogens is 1. The number of carbonyl (C=O) groups excluding carboxylic acids is 6. The quantitative estimate of drug-likeness (QED) is 0.0725. The van der Waals surface area contributed by atoms with Crippen molar-refractivity contribution in [3.05, 3.63) is 95.7 Å². The Morgan fingerprint density at radius 1 is 0.741 bits per heavy atom. The molecule has 1 aliphatic heterocycles. The van der Waals surface area contributed by atoms with Crippen LogP contribution >= 0.6 is 0 Å². The van der Waals surface area contributed by atoms with Crippen molar-refractivity contribution in [1.29, 1.82) is 0 Å². The number of hydrogen-bond acceptors (Lipinski definition) is 9. The van der Waals surface area contributed by atoms with Crippen LogP contribution in [0.4, 0.5) is 5.69 Å². The molecule has 3 aromatic carbocycles. The van der Waals surface area contributed by atoms with E-state index >= 15 is 0 Å². The molecule has 1 aromatic heterocycles. The molecule has 5 rings (SSSR count). The first-order chi connectivity index (χ1) is 26.0. The minimum atomic E-state index is -1.42. The van der Waals surface area contributed by atoms with Crippen LogP contribution < -0.4 is 43.4 Å². The summed E-state index contributed by atoms with van der Waals surface area (Å²) in [6.45, 7) is -0.604. The number of unbranched alkanes of at least 4 members (excludes halogenated alkanes) is 1. The van der Waals surface area contributed by atoms with E-state index in [0.717, 1.165) is 10.9 Å². The molecule has 16 heteroatoms. The molecule has 4 aromatic rings. The zero-order valence-corrected chi connectivity index (χ0v) is 29.5.